The number of carbonyl (C=O) groups is 1. The van der Waals surface area contributed by atoms with Crippen LogP contribution in [0.15, 0.2) is 12.1 Å². The number of nitro groups is 1. The summed E-state index contributed by atoms with van der Waals surface area (Å²) in [7, 11) is 0. The lowest BCUT2D eigenvalue weighted by Gasteiger charge is -2.24. The minimum absolute atomic E-state index is 0.207. The van der Waals surface area contributed by atoms with Gasteiger partial charge in [0.1, 0.15) is 5.56 Å². The molecule has 0 N–H and O–H groups in total. The van der Waals surface area contributed by atoms with Crippen LogP contribution in [0, 0.1) is 27.7 Å². The average molecular weight is 300 g/mol. The normalized spacial score (nSPS) is 12.0. The molecule has 0 aliphatic rings. The number of halogens is 2. The highest BCUT2D eigenvalue weighted by Gasteiger charge is 2.27. The minimum Gasteiger partial charge on any atom is -0.338 e. The molecule has 1 atom stereocenters. The maximum atomic E-state index is 13.3. The highest BCUT2D eigenvalue weighted by Crippen LogP contribution is 2.24. The van der Waals surface area contributed by atoms with Crippen LogP contribution in [-0.2, 0) is 0 Å². The van der Waals surface area contributed by atoms with Crippen molar-refractivity contribution in [2.24, 2.45) is 5.92 Å². The van der Waals surface area contributed by atoms with E-state index in [4.69, 9.17) is 0 Å². The van der Waals surface area contributed by atoms with Gasteiger partial charge in [0, 0.05) is 13.1 Å². The molecule has 1 aromatic carbocycles. The van der Waals surface area contributed by atoms with E-state index in [1.807, 2.05) is 13.8 Å². The van der Waals surface area contributed by atoms with E-state index >= 15 is 0 Å². The number of carbonyl (C=O) groups excluding carboxylic acids is 1. The molecule has 0 fully saturated rings. The van der Waals surface area contributed by atoms with Crippen LogP contribution >= 0.6 is 0 Å². The second kappa shape index (κ2) is 7.10. The predicted molar refractivity (Wildman–Crippen MR) is 74.0 cm³/mol. The number of hydrogen-bond acceptors (Lipinski definition) is 3. The van der Waals surface area contributed by atoms with Crippen molar-refractivity contribution in [1.82, 2.24) is 4.90 Å². The zero-order valence-electron chi connectivity index (χ0n) is 12.2. The summed E-state index contributed by atoms with van der Waals surface area (Å²) in [6, 6.07) is 1.04. The van der Waals surface area contributed by atoms with E-state index in [2.05, 4.69) is 0 Å². The molecule has 0 bridgehead atoms. The second-order valence-electron chi connectivity index (χ2n) is 4.90. The van der Waals surface area contributed by atoms with Crippen LogP contribution in [0.4, 0.5) is 14.5 Å². The van der Waals surface area contributed by atoms with Crippen molar-refractivity contribution in [2.45, 2.75) is 27.2 Å². The number of rotatable bonds is 6. The summed E-state index contributed by atoms with van der Waals surface area (Å²) in [6.45, 7) is 6.37. The quantitative estimate of drug-likeness (QED) is 0.597. The van der Waals surface area contributed by atoms with Crippen molar-refractivity contribution in [3.05, 3.63) is 39.4 Å². The molecule has 0 spiro atoms. The molecule has 0 saturated carbocycles. The zero-order valence-corrected chi connectivity index (χ0v) is 12.2. The molecule has 21 heavy (non-hydrogen) atoms. The van der Waals surface area contributed by atoms with Crippen molar-refractivity contribution < 1.29 is 18.5 Å². The number of nitrogens with zero attached hydrogens (tertiary/aromatic N) is 2. The van der Waals surface area contributed by atoms with Crippen molar-refractivity contribution in [1.29, 1.82) is 0 Å². The summed E-state index contributed by atoms with van der Waals surface area (Å²) >= 11 is 0. The van der Waals surface area contributed by atoms with Crippen molar-refractivity contribution in [2.75, 3.05) is 13.1 Å². The molecule has 0 aliphatic heterocycles. The molecule has 7 heteroatoms. The van der Waals surface area contributed by atoms with Crippen molar-refractivity contribution in [3.63, 3.8) is 0 Å². The summed E-state index contributed by atoms with van der Waals surface area (Å²) in [5.74, 6) is -3.08. The van der Waals surface area contributed by atoms with Crippen LogP contribution in [0.3, 0.4) is 0 Å². The Morgan fingerprint density at radius 3 is 2.38 bits per heavy atom. The summed E-state index contributed by atoms with van der Waals surface area (Å²) in [4.78, 5) is 23.8. The molecule has 5 nitrogen and oxygen atoms in total. The summed E-state index contributed by atoms with van der Waals surface area (Å²) < 4.78 is 26.4. The number of amides is 1. The number of benzene rings is 1. The number of nitro benzene ring substituents is 1. The first-order chi connectivity index (χ1) is 9.81. The van der Waals surface area contributed by atoms with E-state index in [1.54, 1.807) is 6.92 Å². The van der Waals surface area contributed by atoms with E-state index in [0.717, 1.165) is 6.42 Å². The van der Waals surface area contributed by atoms with E-state index in [1.165, 1.54) is 4.90 Å². The summed E-state index contributed by atoms with van der Waals surface area (Å²) in [5, 5.41) is 10.9. The lowest BCUT2D eigenvalue weighted by molar-refractivity contribution is -0.385. The van der Waals surface area contributed by atoms with Gasteiger partial charge in [0.25, 0.3) is 11.6 Å². The van der Waals surface area contributed by atoms with Gasteiger partial charge in [-0.15, -0.1) is 0 Å². The Balaban J connectivity index is 3.21. The Morgan fingerprint density at radius 2 is 1.90 bits per heavy atom. The molecule has 0 aromatic heterocycles. The molecule has 1 aromatic rings. The van der Waals surface area contributed by atoms with Crippen LogP contribution in [0.2, 0.25) is 0 Å². The third-order valence-corrected chi connectivity index (χ3v) is 3.36. The van der Waals surface area contributed by atoms with Gasteiger partial charge in [0.2, 0.25) is 0 Å². The average Bonchev–Trinajstić information content (AvgIpc) is 2.45. The molecule has 0 heterocycles. The minimum atomic E-state index is -1.34. The topological polar surface area (TPSA) is 63.5 Å². The third kappa shape index (κ3) is 3.96. The standard InChI is InChI=1S/C14H18F2N2O3/c1-4-9(3)8-17(5-2)14(19)10-6-11(15)12(16)7-13(10)18(20)21/h6-7,9H,4-5,8H2,1-3H3. The van der Waals surface area contributed by atoms with E-state index in [-0.39, 0.29) is 5.92 Å². The molecule has 0 radical (unpaired) electrons. The van der Waals surface area contributed by atoms with E-state index < -0.39 is 33.7 Å². The lowest BCUT2D eigenvalue weighted by atomic mass is 10.1. The van der Waals surface area contributed by atoms with Gasteiger partial charge < -0.3 is 4.90 Å². The van der Waals surface area contributed by atoms with Crippen LogP contribution in [0.5, 0.6) is 0 Å². The maximum Gasteiger partial charge on any atom is 0.285 e. The molecular formula is C14H18F2N2O3. The predicted octanol–water partition coefficient (Wildman–Crippen LogP) is 3.38. The Labute approximate surface area is 121 Å². The number of hydrogen-bond donors (Lipinski definition) is 0. The summed E-state index contributed by atoms with van der Waals surface area (Å²) in [6.07, 6.45) is 0.837. The first kappa shape index (κ1) is 17.0. The van der Waals surface area contributed by atoms with Gasteiger partial charge in [0.15, 0.2) is 11.6 Å². The van der Waals surface area contributed by atoms with Gasteiger partial charge in [-0.1, -0.05) is 20.3 Å². The van der Waals surface area contributed by atoms with Gasteiger partial charge in [-0.05, 0) is 18.9 Å². The molecule has 1 rings (SSSR count). The Morgan fingerprint density at radius 1 is 1.33 bits per heavy atom. The second-order valence-corrected chi connectivity index (χ2v) is 4.90. The Hall–Kier alpha value is -2.05. The molecule has 0 saturated heterocycles. The molecule has 1 amide bonds. The van der Waals surface area contributed by atoms with Gasteiger partial charge >= 0.3 is 0 Å². The smallest absolute Gasteiger partial charge is 0.285 e. The largest absolute Gasteiger partial charge is 0.338 e. The Bertz CT molecular complexity index is 549. The molecule has 0 aliphatic carbocycles. The van der Waals surface area contributed by atoms with Crippen molar-refractivity contribution in [3.8, 4) is 0 Å². The van der Waals surface area contributed by atoms with E-state index in [0.29, 0.717) is 25.2 Å². The first-order valence-electron chi connectivity index (χ1n) is 6.74. The highest BCUT2D eigenvalue weighted by molar-refractivity contribution is 5.98. The van der Waals surface area contributed by atoms with Crippen LogP contribution in [0.1, 0.15) is 37.6 Å². The van der Waals surface area contributed by atoms with Crippen LogP contribution in [-0.4, -0.2) is 28.8 Å². The van der Waals surface area contributed by atoms with Crippen LogP contribution in [0.25, 0.3) is 0 Å². The van der Waals surface area contributed by atoms with Crippen LogP contribution < -0.4 is 0 Å². The SMILES string of the molecule is CCC(C)CN(CC)C(=O)c1cc(F)c(F)cc1[N+](=O)[O-]. The lowest BCUT2D eigenvalue weighted by Crippen LogP contribution is -2.35. The third-order valence-electron chi connectivity index (χ3n) is 3.36. The molecule has 116 valence electrons. The Kier molecular flexibility index (Phi) is 5.75. The highest BCUT2D eigenvalue weighted by atomic mass is 19.2. The van der Waals surface area contributed by atoms with Gasteiger partial charge in [-0.3, -0.25) is 14.9 Å². The molecule has 1 unspecified atom stereocenters. The van der Waals surface area contributed by atoms with Gasteiger partial charge in [-0.25, -0.2) is 8.78 Å². The zero-order chi connectivity index (χ0) is 16.2. The molecular weight excluding hydrogens is 282 g/mol. The first-order valence-corrected chi connectivity index (χ1v) is 6.74. The van der Waals surface area contributed by atoms with Gasteiger partial charge in [0.05, 0.1) is 11.0 Å². The maximum absolute atomic E-state index is 13.3. The van der Waals surface area contributed by atoms with Gasteiger partial charge in [-0.2, -0.15) is 0 Å². The monoisotopic (exact) mass is 300 g/mol. The van der Waals surface area contributed by atoms with Crippen molar-refractivity contribution >= 4 is 11.6 Å². The fraction of sp³-hybridized carbons (Fsp3) is 0.500. The fourth-order valence-corrected chi connectivity index (χ4v) is 1.89. The fourth-order valence-electron chi connectivity index (χ4n) is 1.89. The summed E-state index contributed by atoms with van der Waals surface area (Å²) in [5.41, 5.74) is -1.15. The van der Waals surface area contributed by atoms with E-state index in [9.17, 15) is 23.7 Å².